The number of rotatable bonds is 6. The summed E-state index contributed by atoms with van der Waals surface area (Å²) in [6.45, 7) is 7.14. The van der Waals surface area contributed by atoms with Crippen molar-refractivity contribution < 1.29 is 14.3 Å². The van der Waals surface area contributed by atoms with E-state index >= 15 is 0 Å². The third-order valence-corrected chi connectivity index (χ3v) is 4.70. The first-order chi connectivity index (χ1) is 11.0. The number of carbonyl (C=O) groups is 1. The van der Waals surface area contributed by atoms with Gasteiger partial charge in [-0.15, -0.1) is 0 Å². The Labute approximate surface area is 143 Å². The van der Waals surface area contributed by atoms with Crippen molar-refractivity contribution in [1.29, 1.82) is 0 Å². The van der Waals surface area contributed by atoms with Crippen LogP contribution in [0.15, 0.2) is 18.2 Å². The molecule has 0 spiro atoms. The molecule has 23 heavy (non-hydrogen) atoms. The van der Waals surface area contributed by atoms with Crippen molar-refractivity contribution in [3.8, 4) is 5.75 Å². The first kappa shape index (κ1) is 18.1. The monoisotopic (exact) mass is 339 g/mol. The van der Waals surface area contributed by atoms with Crippen LogP contribution in [0.25, 0.3) is 0 Å². The van der Waals surface area contributed by atoms with Crippen molar-refractivity contribution in [3.05, 3.63) is 23.2 Å². The van der Waals surface area contributed by atoms with Crippen LogP contribution in [0.5, 0.6) is 5.75 Å². The predicted molar refractivity (Wildman–Crippen MR) is 93.2 cm³/mol. The first-order valence-electron chi connectivity index (χ1n) is 8.38. The summed E-state index contributed by atoms with van der Waals surface area (Å²) in [5.74, 6) is 1.20. The molecule has 0 bridgehead atoms. The molecule has 0 heterocycles. The molecular formula is C18H26ClNO3. The maximum absolute atomic E-state index is 12.8. The van der Waals surface area contributed by atoms with Gasteiger partial charge in [-0.25, -0.2) is 0 Å². The van der Waals surface area contributed by atoms with Crippen LogP contribution >= 0.6 is 11.6 Å². The van der Waals surface area contributed by atoms with Crippen LogP contribution in [0.3, 0.4) is 0 Å². The minimum atomic E-state index is -0.716. The lowest BCUT2D eigenvalue weighted by Gasteiger charge is -2.37. The summed E-state index contributed by atoms with van der Waals surface area (Å²) in [6, 6.07) is 5.30. The molecule has 0 radical (unpaired) electrons. The van der Waals surface area contributed by atoms with Gasteiger partial charge in [0, 0.05) is 12.3 Å². The quantitative estimate of drug-likeness (QED) is 0.819. The maximum atomic E-state index is 12.8. The Morgan fingerprint density at radius 3 is 2.57 bits per heavy atom. The third-order valence-electron chi connectivity index (χ3n) is 4.41. The van der Waals surface area contributed by atoms with Gasteiger partial charge in [-0.1, -0.05) is 18.5 Å². The number of benzene rings is 1. The Morgan fingerprint density at radius 2 is 2.00 bits per heavy atom. The number of halogens is 1. The molecule has 5 heteroatoms. The van der Waals surface area contributed by atoms with Crippen LogP contribution < -0.4 is 10.1 Å². The van der Waals surface area contributed by atoms with Crippen LogP contribution in [-0.2, 0) is 9.53 Å². The topological polar surface area (TPSA) is 47.6 Å². The van der Waals surface area contributed by atoms with Crippen LogP contribution in [0, 0.1) is 5.92 Å². The van der Waals surface area contributed by atoms with E-state index in [0.29, 0.717) is 35.6 Å². The van der Waals surface area contributed by atoms with Crippen LogP contribution in [0.2, 0.25) is 5.02 Å². The van der Waals surface area contributed by atoms with Gasteiger partial charge in [0.15, 0.2) is 0 Å². The number of anilines is 1. The molecule has 1 saturated carbocycles. The molecule has 1 amide bonds. The molecule has 0 aromatic heterocycles. The minimum absolute atomic E-state index is 0.0773. The zero-order valence-corrected chi connectivity index (χ0v) is 14.9. The summed E-state index contributed by atoms with van der Waals surface area (Å²) in [5.41, 5.74) is -0.0482. The molecular weight excluding hydrogens is 314 g/mol. The Hall–Kier alpha value is -1.26. The van der Waals surface area contributed by atoms with Gasteiger partial charge in [0.05, 0.1) is 11.6 Å². The number of amides is 1. The van der Waals surface area contributed by atoms with E-state index < -0.39 is 5.60 Å². The summed E-state index contributed by atoms with van der Waals surface area (Å²) in [6.07, 6.45) is 3.55. The second-order valence-corrected chi connectivity index (χ2v) is 6.55. The third kappa shape index (κ3) is 4.39. The summed E-state index contributed by atoms with van der Waals surface area (Å²) in [7, 11) is 0. The smallest absolute Gasteiger partial charge is 0.256 e. The van der Waals surface area contributed by atoms with Crippen molar-refractivity contribution in [2.45, 2.75) is 52.1 Å². The van der Waals surface area contributed by atoms with E-state index in [-0.39, 0.29) is 5.91 Å². The highest BCUT2D eigenvalue weighted by Crippen LogP contribution is 2.36. The Morgan fingerprint density at radius 1 is 1.30 bits per heavy atom. The lowest BCUT2D eigenvalue weighted by Crippen LogP contribution is -2.48. The summed E-state index contributed by atoms with van der Waals surface area (Å²) < 4.78 is 11.3. The Bertz CT molecular complexity index is 539. The van der Waals surface area contributed by atoms with E-state index in [9.17, 15) is 4.79 Å². The van der Waals surface area contributed by atoms with Crippen molar-refractivity contribution >= 4 is 23.2 Å². The molecule has 0 atom stereocenters. The highest BCUT2D eigenvalue weighted by atomic mass is 35.5. The minimum Gasteiger partial charge on any atom is -0.492 e. The van der Waals surface area contributed by atoms with Gasteiger partial charge in [-0.2, -0.15) is 0 Å². The van der Waals surface area contributed by atoms with E-state index in [1.807, 2.05) is 13.8 Å². The summed E-state index contributed by atoms with van der Waals surface area (Å²) in [4.78, 5) is 12.8. The molecule has 2 rings (SSSR count). The fourth-order valence-electron chi connectivity index (χ4n) is 3.04. The van der Waals surface area contributed by atoms with Gasteiger partial charge >= 0.3 is 0 Å². The van der Waals surface area contributed by atoms with Gasteiger partial charge < -0.3 is 14.8 Å². The zero-order valence-electron chi connectivity index (χ0n) is 14.2. The maximum Gasteiger partial charge on any atom is 0.256 e. The van der Waals surface area contributed by atoms with Crippen molar-refractivity contribution in [1.82, 2.24) is 0 Å². The number of ether oxygens (including phenoxy) is 2. The van der Waals surface area contributed by atoms with E-state index in [1.165, 1.54) is 0 Å². The molecule has 1 fully saturated rings. The SMILES string of the molecule is CCOc1ccc(NC(=O)C2(OCC)CCC(C)CC2)cc1Cl. The summed E-state index contributed by atoms with van der Waals surface area (Å²) >= 11 is 6.18. The van der Waals surface area contributed by atoms with Crippen LogP contribution in [0.1, 0.15) is 46.5 Å². The second-order valence-electron chi connectivity index (χ2n) is 6.14. The molecule has 1 aliphatic carbocycles. The average Bonchev–Trinajstić information content (AvgIpc) is 2.53. The van der Waals surface area contributed by atoms with E-state index in [4.69, 9.17) is 21.1 Å². The lowest BCUT2D eigenvalue weighted by atomic mass is 9.78. The van der Waals surface area contributed by atoms with Crippen molar-refractivity contribution in [2.24, 2.45) is 5.92 Å². The fraction of sp³-hybridized carbons (Fsp3) is 0.611. The highest BCUT2D eigenvalue weighted by Gasteiger charge is 2.41. The molecule has 1 aromatic rings. The number of hydrogen-bond donors (Lipinski definition) is 1. The van der Waals surface area contributed by atoms with Gasteiger partial charge in [0.2, 0.25) is 0 Å². The molecule has 1 N–H and O–H groups in total. The molecule has 1 aliphatic rings. The predicted octanol–water partition coefficient (Wildman–Crippen LogP) is 4.66. The average molecular weight is 340 g/mol. The van der Waals surface area contributed by atoms with Gasteiger partial charge in [0.1, 0.15) is 11.4 Å². The number of hydrogen-bond acceptors (Lipinski definition) is 3. The Balaban J connectivity index is 2.11. The van der Waals surface area contributed by atoms with Gasteiger partial charge in [-0.3, -0.25) is 4.79 Å². The zero-order chi connectivity index (χ0) is 16.9. The largest absolute Gasteiger partial charge is 0.492 e. The van der Waals surface area contributed by atoms with E-state index in [1.54, 1.807) is 18.2 Å². The van der Waals surface area contributed by atoms with Crippen LogP contribution in [-0.4, -0.2) is 24.7 Å². The normalized spacial score (nSPS) is 24.3. The highest BCUT2D eigenvalue weighted by molar-refractivity contribution is 6.32. The lowest BCUT2D eigenvalue weighted by molar-refractivity contribution is -0.146. The fourth-order valence-corrected chi connectivity index (χ4v) is 3.27. The molecule has 0 saturated heterocycles. The molecule has 4 nitrogen and oxygen atoms in total. The van der Waals surface area contributed by atoms with Gasteiger partial charge in [-0.05, 0) is 63.6 Å². The molecule has 0 aliphatic heterocycles. The summed E-state index contributed by atoms with van der Waals surface area (Å²) in [5, 5.41) is 3.45. The second kappa shape index (κ2) is 8.02. The van der Waals surface area contributed by atoms with E-state index in [2.05, 4.69) is 12.2 Å². The van der Waals surface area contributed by atoms with Crippen molar-refractivity contribution in [2.75, 3.05) is 18.5 Å². The number of nitrogens with one attached hydrogen (secondary N) is 1. The molecule has 0 unspecified atom stereocenters. The van der Waals surface area contributed by atoms with Gasteiger partial charge in [0.25, 0.3) is 5.91 Å². The molecule has 1 aromatic carbocycles. The standard InChI is InChI=1S/C18H26ClNO3/c1-4-22-16-7-6-14(12-15(16)19)20-17(21)18(23-5-2)10-8-13(3)9-11-18/h6-7,12-13H,4-5,8-11H2,1-3H3,(H,20,21). The van der Waals surface area contributed by atoms with Crippen molar-refractivity contribution in [3.63, 3.8) is 0 Å². The number of carbonyl (C=O) groups excluding carboxylic acids is 1. The Kier molecular flexibility index (Phi) is 6.31. The van der Waals surface area contributed by atoms with Crippen LogP contribution in [0.4, 0.5) is 5.69 Å². The van der Waals surface area contributed by atoms with E-state index in [0.717, 1.165) is 25.7 Å². The molecule has 128 valence electrons. The first-order valence-corrected chi connectivity index (χ1v) is 8.76.